The van der Waals surface area contributed by atoms with Gasteiger partial charge in [0.2, 0.25) is 0 Å². The van der Waals surface area contributed by atoms with Gasteiger partial charge in [0.15, 0.2) is 17.6 Å². The first-order valence-corrected chi connectivity index (χ1v) is 13.3. The van der Waals surface area contributed by atoms with Crippen molar-refractivity contribution in [2.75, 3.05) is 14.2 Å². The van der Waals surface area contributed by atoms with Crippen molar-refractivity contribution in [3.63, 3.8) is 0 Å². The summed E-state index contributed by atoms with van der Waals surface area (Å²) in [5.41, 5.74) is 0.925. The number of methoxy groups -OCH3 is 2. The fraction of sp³-hybridized carbons (Fsp3) is 0.385. The Morgan fingerprint density at radius 3 is 2.58 bits per heavy atom. The van der Waals surface area contributed by atoms with E-state index in [-0.39, 0.29) is 11.5 Å². The van der Waals surface area contributed by atoms with E-state index < -0.39 is 12.1 Å². The maximum Gasteiger partial charge on any atom is 0.346 e. The number of aromatic nitrogens is 2. The van der Waals surface area contributed by atoms with Gasteiger partial charge in [0.05, 0.1) is 31.3 Å². The first kappa shape index (κ1) is 26.3. The van der Waals surface area contributed by atoms with Crippen molar-refractivity contribution < 1.29 is 19.0 Å². The largest absolute Gasteiger partial charge is 0.493 e. The van der Waals surface area contributed by atoms with Crippen molar-refractivity contribution in [1.82, 2.24) is 9.66 Å². The van der Waals surface area contributed by atoms with Crippen LogP contribution in [-0.2, 0) is 9.53 Å². The summed E-state index contributed by atoms with van der Waals surface area (Å²) in [4.78, 5) is 30.5. The predicted molar refractivity (Wildman–Crippen MR) is 145 cm³/mol. The molecule has 1 aliphatic carbocycles. The molecule has 0 amide bonds. The van der Waals surface area contributed by atoms with Crippen LogP contribution in [0.15, 0.2) is 49.2 Å². The molecule has 0 aliphatic heterocycles. The van der Waals surface area contributed by atoms with Crippen molar-refractivity contribution in [2.24, 2.45) is 5.10 Å². The van der Waals surface area contributed by atoms with Gasteiger partial charge in [0.1, 0.15) is 5.82 Å². The molecule has 1 aromatic heterocycles. The van der Waals surface area contributed by atoms with Crippen LogP contribution >= 0.6 is 31.9 Å². The minimum atomic E-state index is -0.877. The van der Waals surface area contributed by atoms with E-state index in [0.29, 0.717) is 33.8 Å². The van der Waals surface area contributed by atoms with Gasteiger partial charge in [-0.05, 0) is 50.1 Å². The normalized spacial score (nSPS) is 15.2. The van der Waals surface area contributed by atoms with Gasteiger partial charge in [-0.15, -0.1) is 0 Å². The van der Waals surface area contributed by atoms with Crippen LogP contribution in [0.25, 0.3) is 10.9 Å². The number of rotatable bonds is 7. The van der Waals surface area contributed by atoms with Gasteiger partial charge >= 0.3 is 5.97 Å². The Balaban J connectivity index is 1.85. The van der Waals surface area contributed by atoms with Crippen molar-refractivity contribution in [2.45, 2.75) is 51.0 Å². The average Bonchev–Trinajstić information content (AvgIpc) is 2.89. The number of hydrogen-bond donors (Lipinski definition) is 0. The molecule has 1 atom stereocenters. The summed E-state index contributed by atoms with van der Waals surface area (Å²) in [6, 6.07) is 9.00. The fourth-order valence-corrected chi connectivity index (χ4v) is 5.19. The number of hydrogen-bond acceptors (Lipinski definition) is 7. The molecular weight excluding hydrogens is 594 g/mol. The van der Waals surface area contributed by atoms with Gasteiger partial charge in [0.25, 0.3) is 5.56 Å². The second kappa shape index (κ2) is 11.6. The highest BCUT2D eigenvalue weighted by Gasteiger charge is 2.24. The van der Waals surface area contributed by atoms with Crippen LogP contribution in [0.1, 0.15) is 56.3 Å². The van der Waals surface area contributed by atoms with Crippen LogP contribution in [0.5, 0.6) is 11.5 Å². The van der Waals surface area contributed by atoms with Gasteiger partial charge in [-0.25, -0.2) is 9.78 Å². The lowest BCUT2D eigenvalue weighted by Crippen LogP contribution is -2.26. The second-order valence-electron chi connectivity index (χ2n) is 8.64. The Morgan fingerprint density at radius 1 is 1.14 bits per heavy atom. The summed E-state index contributed by atoms with van der Waals surface area (Å²) in [6.45, 7) is 1.59. The molecule has 0 saturated heterocycles. The van der Waals surface area contributed by atoms with Crippen LogP contribution in [0.2, 0.25) is 0 Å². The number of carbonyl (C=O) groups excluding carboxylic acids is 1. The molecule has 0 spiro atoms. The predicted octanol–water partition coefficient (Wildman–Crippen LogP) is 5.80. The van der Waals surface area contributed by atoms with E-state index in [2.05, 4.69) is 37.0 Å². The summed E-state index contributed by atoms with van der Waals surface area (Å²) in [5, 5.41) is 5.08. The lowest BCUT2D eigenvalue weighted by molar-refractivity contribution is -0.147. The molecule has 1 fully saturated rings. The van der Waals surface area contributed by atoms with E-state index in [1.54, 1.807) is 25.1 Å². The van der Waals surface area contributed by atoms with Crippen LogP contribution in [0, 0.1) is 0 Å². The van der Waals surface area contributed by atoms with E-state index in [1.165, 1.54) is 31.5 Å². The molecule has 10 heteroatoms. The molecule has 1 saturated carbocycles. The highest BCUT2D eigenvalue weighted by atomic mass is 79.9. The molecule has 8 nitrogen and oxygen atoms in total. The number of halogens is 2. The third kappa shape index (κ3) is 5.64. The highest BCUT2D eigenvalue weighted by molar-refractivity contribution is 9.10. The van der Waals surface area contributed by atoms with Crippen molar-refractivity contribution >= 4 is 54.9 Å². The average molecular weight is 621 g/mol. The van der Waals surface area contributed by atoms with Crippen LogP contribution in [0.4, 0.5) is 0 Å². The molecule has 0 unspecified atom stereocenters. The molecule has 36 heavy (non-hydrogen) atoms. The molecule has 4 rings (SSSR count). The summed E-state index contributed by atoms with van der Waals surface area (Å²) < 4.78 is 19.1. The zero-order valence-corrected chi connectivity index (χ0v) is 23.5. The fourth-order valence-electron chi connectivity index (χ4n) is 4.38. The quantitative estimate of drug-likeness (QED) is 0.245. The van der Waals surface area contributed by atoms with Crippen LogP contribution in [-0.4, -0.2) is 42.2 Å². The molecule has 2 aromatic carbocycles. The highest BCUT2D eigenvalue weighted by Crippen LogP contribution is 2.35. The van der Waals surface area contributed by atoms with Gasteiger partial charge in [-0.1, -0.05) is 51.1 Å². The molecule has 1 aliphatic rings. The monoisotopic (exact) mass is 619 g/mol. The Morgan fingerprint density at radius 2 is 1.89 bits per heavy atom. The molecule has 0 bridgehead atoms. The zero-order chi connectivity index (χ0) is 25.8. The lowest BCUT2D eigenvalue weighted by atomic mass is 9.88. The number of ether oxygens (including phenoxy) is 3. The van der Waals surface area contributed by atoms with E-state index in [1.807, 2.05) is 12.1 Å². The first-order chi connectivity index (χ1) is 17.3. The Bertz CT molecular complexity index is 1370. The standard InChI is InChI=1S/C26H27Br2N3O5/c1-15(26(33)35-3)36-23-17(11-19(28)13-22(23)34-2)14-29-31-24(16-7-5-4-6-8-16)30-21-10-9-18(27)12-20(21)25(31)32/h9-16H,4-8H2,1-3H3/t15-/m0/s1. The van der Waals surface area contributed by atoms with Gasteiger partial charge in [-0.3, -0.25) is 4.79 Å². The van der Waals surface area contributed by atoms with Crippen molar-refractivity contribution in [1.29, 1.82) is 0 Å². The maximum absolute atomic E-state index is 13.6. The topological polar surface area (TPSA) is 92.0 Å². The summed E-state index contributed by atoms with van der Waals surface area (Å²) in [7, 11) is 2.81. The van der Waals surface area contributed by atoms with E-state index in [0.717, 1.165) is 34.6 Å². The molecule has 3 aromatic rings. The third-order valence-corrected chi connectivity index (χ3v) is 7.16. The number of benzene rings is 2. The molecule has 1 heterocycles. The maximum atomic E-state index is 13.6. The molecule has 0 N–H and O–H groups in total. The smallest absolute Gasteiger partial charge is 0.346 e. The SMILES string of the molecule is COC(=O)[C@H](C)Oc1c(C=Nn2c(C3CCCCC3)nc3ccc(Br)cc3c2=O)cc(Br)cc1OC. The third-order valence-electron chi connectivity index (χ3n) is 6.21. The Kier molecular flexibility index (Phi) is 8.46. The van der Waals surface area contributed by atoms with Gasteiger partial charge in [0, 0.05) is 20.4 Å². The summed E-state index contributed by atoms with van der Waals surface area (Å²) in [6.07, 6.45) is 5.94. The van der Waals surface area contributed by atoms with Crippen LogP contribution < -0.4 is 15.0 Å². The number of esters is 1. The number of nitrogens with zero attached hydrogens (tertiary/aromatic N) is 3. The second-order valence-corrected chi connectivity index (χ2v) is 10.5. The lowest BCUT2D eigenvalue weighted by Gasteiger charge is -2.23. The molecular formula is C26H27Br2N3O5. The Hall–Kier alpha value is -2.72. The minimum Gasteiger partial charge on any atom is -0.493 e. The summed E-state index contributed by atoms with van der Waals surface area (Å²) in [5.74, 6) is 0.984. The number of fused-ring (bicyclic) bond motifs is 1. The molecule has 190 valence electrons. The van der Waals surface area contributed by atoms with E-state index in [9.17, 15) is 9.59 Å². The van der Waals surface area contributed by atoms with Crippen molar-refractivity contribution in [3.8, 4) is 11.5 Å². The zero-order valence-electron chi connectivity index (χ0n) is 20.3. The first-order valence-electron chi connectivity index (χ1n) is 11.7. The minimum absolute atomic E-state index is 0.142. The van der Waals surface area contributed by atoms with E-state index in [4.69, 9.17) is 19.2 Å². The van der Waals surface area contributed by atoms with Gasteiger partial charge < -0.3 is 14.2 Å². The number of carbonyl (C=O) groups is 1. The molecule has 0 radical (unpaired) electrons. The van der Waals surface area contributed by atoms with E-state index >= 15 is 0 Å². The van der Waals surface area contributed by atoms with Gasteiger partial charge in [-0.2, -0.15) is 9.78 Å². The van der Waals surface area contributed by atoms with Crippen molar-refractivity contribution in [3.05, 3.63) is 61.0 Å². The van der Waals surface area contributed by atoms with Crippen LogP contribution in [0.3, 0.4) is 0 Å². The Labute approximate surface area is 225 Å². The summed E-state index contributed by atoms with van der Waals surface area (Å²) >= 11 is 6.93.